The van der Waals surface area contributed by atoms with Crippen LogP contribution in [0.4, 0.5) is 0 Å². The highest BCUT2D eigenvalue weighted by Gasteiger charge is 2.03. The van der Waals surface area contributed by atoms with E-state index >= 15 is 0 Å². The molecule has 0 saturated heterocycles. The third kappa shape index (κ3) is 29.5. The number of hydrogen-bond donors (Lipinski definition) is 0. The van der Waals surface area contributed by atoms with Crippen LogP contribution in [0.25, 0.3) is 0 Å². The molecule has 0 aromatic rings. The summed E-state index contributed by atoms with van der Waals surface area (Å²) in [6.45, 7) is 2.46. The lowest BCUT2D eigenvalue weighted by atomic mass is 9.95. The zero-order chi connectivity index (χ0) is 27.9. The summed E-state index contributed by atoms with van der Waals surface area (Å²) < 4.78 is 9.35. The van der Waals surface area contributed by atoms with Gasteiger partial charge in [-0.2, -0.15) is 0 Å². The van der Waals surface area contributed by atoms with Crippen molar-refractivity contribution < 1.29 is 19.1 Å². The van der Waals surface area contributed by atoms with Gasteiger partial charge in [-0.3, -0.25) is 9.59 Å². The molecule has 0 aliphatic rings. The van der Waals surface area contributed by atoms with Crippen LogP contribution in [0.1, 0.15) is 187 Å². The Morgan fingerprint density at radius 1 is 0.395 bits per heavy atom. The summed E-state index contributed by atoms with van der Waals surface area (Å²) in [5.74, 6) is 0.776. The minimum absolute atomic E-state index is 0.0678. The second-order valence-electron chi connectivity index (χ2n) is 11.8. The van der Waals surface area contributed by atoms with Gasteiger partial charge in [0.15, 0.2) is 0 Å². The first-order chi connectivity index (χ1) is 18.6. The van der Waals surface area contributed by atoms with Crippen LogP contribution in [0, 0.1) is 5.92 Å². The van der Waals surface area contributed by atoms with Crippen molar-refractivity contribution in [1.29, 1.82) is 0 Å². The largest absolute Gasteiger partial charge is 0.469 e. The van der Waals surface area contributed by atoms with Crippen LogP contribution in [-0.2, 0) is 19.1 Å². The predicted molar refractivity (Wildman–Crippen MR) is 162 cm³/mol. The number of rotatable bonds is 30. The molecule has 0 aliphatic heterocycles. The zero-order valence-corrected chi connectivity index (χ0v) is 26.0. The van der Waals surface area contributed by atoms with E-state index < -0.39 is 0 Å². The Morgan fingerprint density at radius 2 is 0.605 bits per heavy atom. The van der Waals surface area contributed by atoms with E-state index in [1.165, 1.54) is 155 Å². The Labute approximate surface area is 237 Å². The molecule has 4 heteroatoms. The summed E-state index contributed by atoms with van der Waals surface area (Å²) in [6.07, 6.45) is 36.0. The number of carbonyl (C=O) groups is 2. The van der Waals surface area contributed by atoms with Crippen LogP contribution in [-0.4, -0.2) is 26.2 Å². The van der Waals surface area contributed by atoms with Crippen molar-refractivity contribution in [1.82, 2.24) is 0 Å². The van der Waals surface area contributed by atoms with Gasteiger partial charge >= 0.3 is 11.9 Å². The molecule has 0 aromatic carbocycles. The molecule has 0 spiro atoms. The fourth-order valence-corrected chi connectivity index (χ4v) is 5.41. The average Bonchev–Trinajstić information content (AvgIpc) is 2.92. The zero-order valence-electron chi connectivity index (χ0n) is 26.0. The molecule has 4 nitrogen and oxygen atoms in total. The number of ether oxygens (including phenoxy) is 2. The van der Waals surface area contributed by atoms with Gasteiger partial charge in [0.1, 0.15) is 0 Å². The van der Waals surface area contributed by atoms with Gasteiger partial charge in [0, 0.05) is 12.8 Å². The molecular formula is C34H66O4. The molecule has 0 saturated carbocycles. The third-order valence-corrected chi connectivity index (χ3v) is 8.11. The molecule has 0 fully saturated rings. The van der Waals surface area contributed by atoms with Gasteiger partial charge in [-0.05, 0) is 18.8 Å². The van der Waals surface area contributed by atoms with E-state index in [9.17, 15) is 9.59 Å². The van der Waals surface area contributed by atoms with Crippen molar-refractivity contribution in [2.24, 2.45) is 5.92 Å². The molecule has 0 heterocycles. The van der Waals surface area contributed by atoms with E-state index in [0.29, 0.717) is 12.8 Å². The van der Waals surface area contributed by atoms with Crippen molar-refractivity contribution in [3.63, 3.8) is 0 Å². The number of esters is 2. The SMILES string of the molecule is COC(=O)CCCCCCCCCCCCCCCC(C)CCCCCCCCCCCCCC(=O)OC. The van der Waals surface area contributed by atoms with Crippen molar-refractivity contribution in [3.05, 3.63) is 0 Å². The average molecular weight is 539 g/mol. The normalized spacial score (nSPS) is 12.0. The summed E-state index contributed by atoms with van der Waals surface area (Å²) in [6, 6.07) is 0. The van der Waals surface area contributed by atoms with Crippen molar-refractivity contribution in [2.45, 2.75) is 187 Å². The van der Waals surface area contributed by atoms with E-state index in [1.807, 2.05) is 0 Å². The maximum Gasteiger partial charge on any atom is 0.305 e. The smallest absolute Gasteiger partial charge is 0.305 e. The Kier molecular flexibility index (Phi) is 29.6. The summed E-state index contributed by atoms with van der Waals surface area (Å²) >= 11 is 0. The van der Waals surface area contributed by atoms with Crippen LogP contribution in [0.3, 0.4) is 0 Å². The van der Waals surface area contributed by atoms with Gasteiger partial charge in [0.05, 0.1) is 14.2 Å². The number of unbranched alkanes of at least 4 members (excludes halogenated alkanes) is 22. The molecule has 1 unspecified atom stereocenters. The second-order valence-corrected chi connectivity index (χ2v) is 11.8. The Balaban J connectivity index is 3.18. The van der Waals surface area contributed by atoms with Gasteiger partial charge in [-0.15, -0.1) is 0 Å². The minimum Gasteiger partial charge on any atom is -0.469 e. The molecule has 1 atom stereocenters. The van der Waals surface area contributed by atoms with Crippen LogP contribution in [0.15, 0.2) is 0 Å². The van der Waals surface area contributed by atoms with Gasteiger partial charge in [0.2, 0.25) is 0 Å². The molecule has 0 amide bonds. The summed E-state index contributed by atoms with van der Waals surface area (Å²) in [5.41, 5.74) is 0. The molecular weight excluding hydrogens is 472 g/mol. The number of hydrogen-bond acceptors (Lipinski definition) is 4. The molecule has 0 aromatic heterocycles. The maximum absolute atomic E-state index is 11.1. The highest BCUT2D eigenvalue weighted by molar-refractivity contribution is 5.69. The highest BCUT2D eigenvalue weighted by Crippen LogP contribution is 2.19. The summed E-state index contributed by atoms with van der Waals surface area (Å²) in [4.78, 5) is 22.1. The van der Waals surface area contributed by atoms with Crippen molar-refractivity contribution >= 4 is 11.9 Å². The molecule has 0 bridgehead atoms. The highest BCUT2D eigenvalue weighted by atomic mass is 16.5. The fourth-order valence-electron chi connectivity index (χ4n) is 5.41. The van der Waals surface area contributed by atoms with Gasteiger partial charge in [0.25, 0.3) is 0 Å². The lowest BCUT2D eigenvalue weighted by Crippen LogP contribution is -1.99. The van der Waals surface area contributed by atoms with Crippen molar-refractivity contribution in [2.75, 3.05) is 14.2 Å². The van der Waals surface area contributed by atoms with Crippen LogP contribution >= 0.6 is 0 Å². The molecule has 0 N–H and O–H groups in total. The van der Waals surface area contributed by atoms with Gasteiger partial charge in [-0.1, -0.05) is 161 Å². The quantitative estimate of drug-likeness (QED) is 0.0674. The molecule has 38 heavy (non-hydrogen) atoms. The lowest BCUT2D eigenvalue weighted by molar-refractivity contribution is -0.141. The predicted octanol–water partition coefficient (Wildman–Crippen LogP) is 10.9. The van der Waals surface area contributed by atoms with E-state index in [0.717, 1.165) is 31.6 Å². The van der Waals surface area contributed by atoms with E-state index in [4.69, 9.17) is 0 Å². The molecule has 0 radical (unpaired) electrons. The first-order valence-electron chi connectivity index (χ1n) is 16.7. The first kappa shape index (κ1) is 36.9. The minimum atomic E-state index is -0.0679. The Morgan fingerprint density at radius 3 is 0.842 bits per heavy atom. The van der Waals surface area contributed by atoms with Crippen LogP contribution in [0.5, 0.6) is 0 Å². The molecule has 0 aliphatic carbocycles. The van der Waals surface area contributed by atoms with E-state index in [-0.39, 0.29) is 11.9 Å². The number of methoxy groups -OCH3 is 2. The molecule has 0 rings (SSSR count). The topological polar surface area (TPSA) is 52.6 Å². The first-order valence-corrected chi connectivity index (χ1v) is 16.7. The monoisotopic (exact) mass is 538 g/mol. The summed E-state index contributed by atoms with van der Waals surface area (Å²) in [5, 5.41) is 0. The standard InChI is InChI=1S/C34H66O4/c1-32(29-25-21-17-13-9-7-11-15-19-23-27-31-34(36)38-3)28-24-20-16-12-8-5-4-6-10-14-18-22-26-30-33(35)37-2/h32H,4-31H2,1-3H3. The fraction of sp³-hybridized carbons (Fsp3) is 0.941. The third-order valence-electron chi connectivity index (χ3n) is 8.11. The molecule has 226 valence electrons. The van der Waals surface area contributed by atoms with Crippen molar-refractivity contribution in [3.8, 4) is 0 Å². The Bertz CT molecular complexity index is 505. The van der Waals surface area contributed by atoms with E-state index in [2.05, 4.69) is 16.4 Å². The van der Waals surface area contributed by atoms with E-state index in [1.54, 1.807) is 0 Å². The van der Waals surface area contributed by atoms with Crippen LogP contribution in [0.2, 0.25) is 0 Å². The lowest BCUT2D eigenvalue weighted by Gasteiger charge is -2.11. The second kappa shape index (κ2) is 30.5. The van der Waals surface area contributed by atoms with Crippen LogP contribution < -0.4 is 0 Å². The maximum atomic E-state index is 11.1. The Hall–Kier alpha value is -1.06. The summed E-state index contributed by atoms with van der Waals surface area (Å²) in [7, 11) is 2.94. The number of carbonyl (C=O) groups excluding carboxylic acids is 2. The van der Waals surface area contributed by atoms with Gasteiger partial charge < -0.3 is 9.47 Å². The van der Waals surface area contributed by atoms with Gasteiger partial charge in [-0.25, -0.2) is 0 Å².